The molecular weight excluding hydrogens is 328 g/mol. The van der Waals surface area contributed by atoms with Crippen LogP contribution in [-0.2, 0) is 4.79 Å². The third-order valence-corrected chi connectivity index (χ3v) is 4.27. The molecule has 1 unspecified atom stereocenters. The lowest BCUT2D eigenvalue weighted by atomic mass is 10.2. The van der Waals surface area contributed by atoms with Gasteiger partial charge in [0.25, 0.3) is 0 Å². The van der Waals surface area contributed by atoms with E-state index in [0.717, 1.165) is 11.9 Å². The van der Waals surface area contributed by atoms with Crippen LogP contribution in [0.5, 0.6) is 5.88 Å². The molecule has 1 atom stereocenters. The Balaban J connectivity index is 2.33. The van der Waals surface area contributed by atoms with Gasteiger partial charge in [0.15, 0.2) is 0 Å². The molecule has 1 amide bonds. The lowest BCUT2D eigenvalue weighted by Gasteiger charge is -2.07. The Morgan fingerprint density at radius 2 is 2.25 bits per heavy atom. The van der Waals surface area contributed by atoms with Gasteiger partial charge < -0.3 is 21.5 Å². The summed E-state index contributed by atoms with van der Waals surface area (Å²) >= 11 is 1.35. The van der Waals surface area contributed by atoms with E-state index in [4.69, 9.17) is 16.2 Å². The quantitative estimate of drug-likeness (QED) is 0.539. The zero-order chi connectivity index (χ0) is 17.7. The number of hydrogen-bond donors (Lipinski definition) is 3. The fraction of sp³-hybridized carbons (Fsp3) is 0.333. The molecule has 0 bridgehead atoms. The average Bonchev–Trinajstić information content (AvgIpc) is 2.99. The minimum Gasteiger partial charge on any atom is -0.480 e. The van der Waals surface area contributed by atoms with Gasteiger partial charge in [-0.05, 0) is 12.1 Å². The van der Waals surface area contributed by atoms with Crippen LogP contribution >= 0.6 is 11.3 Å². The van der Waals surface area contributed by atoms with E-state index in [0.29, 0.717) is 21.6 Å². The SMILES string of the molecule is COc1nc(-c2ccnc(NC(=O)C(C)C)c2)sc1C(N)N=CN. The standard InChI is InChI=1S/C15H20N6O2S/c1-8(2)13(22)20-10-6-9(4-5-18-10)15-21-14(23-3)11(24-15)12(17)19-7-16/h4-8,12H,17H2,1-3H3,(H2,16,19)(H,18,20,22). The van der Waals surface area contributed by atoms with Crippen molar-refractivity contribution in [2.45, 2.75) is 20.0 Å². The molecule has 24 heavy (non-hydrogen) atoms. The first kappa shape index (κ1) is 17.8. The van der Waals surface area contributed by atoms with Crippen LogP contribution in [0.15, 0.2) is 23.3 Å². The number of amides is 1. The number of anilines is 1. The Morgan fingerprint density at radius 1 is 1.50 bits per heavy atom. The Bertz CT molecular complexity index is 743. The minimum atomic E-state index is -0.641. The summed E-state index contributed by atoms with van der Waals surface area (Å²) in [5.41, 5.74) is 12.0. The molecule has 0 aliphatic rings. The van der Waals surface area contributed by atoms with Crippen molar-refractivity contribution in [2.75, 3.05) is 12.4 Å². The van der Waals surface area contributed by atoms with Gasteiger partial charge in [-0.15, -0.1) is 11.3 Å². The maximum atomic E-state index is 11.8. The molecule has 9 heteroatoms. The molecule has 0 saturated carbocycles. The number of carbonyl (C=O) groups is 1. The number of aliphatic imine (C=N–C) groups is 1. The number of methoxy groups -OCH3 is 1. The summed E-state index contributed by atoms with van der Waals surface area (Å²) < 4.78 is 5.26. The molecule has 0 radical (unpaired) electrons. The normalized spacial score (nSPS) is 12.5. The minimum absolute atomic E-state index is 0.101. The molecule has 8 nitrogen and oxygen atoms in total. The lowest BCUT2D eigenvalue weighted by Crippen LogP contribution is -2.18. The number of rotatable bonds is 6. The van der Waals surface area contributed by atoms with Crippen molar-refractivity contribution in [3.05, 3.63) is 23.2 Å². The Labute approximate surface area is 144 Å². The number of ether oxygens (including phenoxy) is 1. The van der Waals surface area contributed by atoms with Crippen LogP contribution < -0.4 is 21.5 Å². The van der Waals surface area contributed by atoms with Crippen LogP contribution in [0.1, 0.15) is 24.9 Å². The van der Waals surface area contributed by atoms with Crippen molar-refractivity contribution in [2.24, 2.45) is 22.4 Å². The first-order chi connectivity index (χ1) is 11.5. The highest BCUT2D eigenvalue weighted by Crippen LogP contribution is 2.36. The predicted octanol–water partition coefficient (Wildman–Crippen LogP) is 1.75. The summed E-state index contributed by atoms with van der Waals surface area (Å²) in [5, 5.41) is 3.45. The van der Waals surface area contributed by atoms with E-state index in [1.807, 2.05) is 13.8 Å². The zero-order valence-electron chi connectivity index (χ0n) is 13.7. The first-order valence-electron chi connectivity index (χ1n) is 7.27. The van der Waals surface area contributed by atoms with Gasteiger partial charge in [0.05, 0.1) is 13.4 Å². The van der Waals surface area contributed by atoms with E-state index < -0.39 is 6.17 Å². The number of hydrogen-bond acceptors (Lipinski definition) is 7. The fourth-order valence-electron chi connectivity index (χ4n) is 1.84. The van der Waals surface area contributed by atoms with Crippen molar-refractivity contribution in [3.8, 4) is 16.5 Å². The molecule has 0 aromatic carbocycles. The van der Waals surface area contributed by atoms with Crippen molar-refractivity contribution < 1.29 is 9.53 Å². The smallest absolute Gasteiger partial charge is 0.231 e. The summed E-state index contributed by atoms with van der Waals surface area (Å²) in [6.45, 7) is 3.63. The Kier molecular flexibility index (Phi) is 5.83. The molecule has 0 aliphatic heterocycles. The number of pyridine rings is 1. The number of nitrogens with one attached hydrogen (secondary N) is 1. The second-order valence-electron chi connectivity index (χ2n) is 5.21. The summed E-state index contributed by atoms with van der Waals surface area (Å²) in [5.74, 6) is 0.634. The van der Waals surface area contributed by atoms with E-state index in [1.165, 1.54) is 18.4 Å². The van der Waals surface area contributed by atoms with Crippen LogP contribution in [-0.4, -0.2) is 29.3 Å². The monoisotopic (exact) mass is 348 g/mol. The topological polar surface area (TPSA) is 129 Å². The third kappa shape index (κ3) is 4.06. The van der Waals surface area contributed by atoms with Gasteiger partial charge in [-0.25, -0.2) is 9.97 Å². The molecule has 128 valence electrons. The van der Waals surface area contributed by atoms with Gasteiger partial charge >= 0.3 is 0 Å². The molecule has 5 N–H and O–H groups in total. The van der Waals surface area contributed by atoms with Gasteiger partial charge in [-0.1, -0.05) is 13.8 Å². The van der Waals surface area contributed by atoms with Crippen molar-refractivity contribution in [1.82, 2.24) is 9.97 Å². The number of carbonyl (C=O) groups excluding carboxylic acids is 1. The highest BCUT2D eigenvalue weighted by Gasteiger charge is 2.19. The van der Waals surface area contributed by atoms with Gasteiger partial charge in [0, 0.05) is 17.7 Å². The molecule has 0 saturated heterocycles. The molecular formula is C15H20N6O2S. The third-order valence-electron chi connectivity index (χ3n) is 3.11. The van der Waals surface area contributed by atoms with Crippen molar-refractivity contribution in [3.63, 3.8) is 0 Å². The highest BCUT2D eigenvalue weighted by molar-refractivity contribution is 7.15. The van der Waals surface area contributed by atoms with E-state index >= 15 is 0 Å². The van der Waals surface area contributed by atoms with E-state index in [9.17, 15) is 4.79 Å². The van der Waals surface area contributed by atoms with Crippen molar-refractivity contribution >= 4 is 29.4 Å². The Morgan fingerprint density at radius 3 is 2.88 bits per heavy atom. The zero-order valence-corrected chi connectivity index (χ0v) is 14.5. The molecule has 0 aliphatic carbocycles. The molecule has 2 aromatic rings. The predicted molar refractivity (Wildman–Crippen MR) is 95.0 cm³/mol. The average molecular weight is 348 g/mol. The summed E-state index contributed by atoms with van der Waals surface area (Å²) in [4.78, 5) is 25.0. The van der Waals surface area contributed by atoms with Gasteiger partial charge in [-0.3, -0.25) is 9.79 Å². The van der Waals surface area contributed by atoms with Crippen LogP contribution in [0.3, 0.4) is 0 Å². The summed E-state index contributed by atoms with van der Waals surface area (Å²) in [6.07, 6.45) is 2.12. The molecule has 0 spiro atoms. The Hall–Kier alpha value is -2.52. The molecule has 2 heterocycles. The maximum Gasteiger partial charge on any atom is 0.231 e. The number of aromatic nitrogens is 2. The van der Waals surface area contributed by atoms with E-state index in [2.05, 4.69) is 20.3 Å². The van der Waals surface area contributed by atoms with Crippen LogP contribution in [0.2, 0.25) is 0 Å². The highest BCUT2D eigenvalue weighted by atomic mass is 32.1. The maximum absolute atomic E-state index is 11.8. The lowest BCUT2D eigenvalue weighted by molar-refractivity contribution is -0.118. The second-order valence-corrected chi connectivity index (χ2v) is 6.24. The summed E-state index contributed by atoms with van der Waals surface area (Å²) in [7, 11) is 1.52. The van der Waals surface area contributed by atoms with E-state index in [-0.39, 0.29) is 11.8 Å². The van der Waals surface area contributed by atoms with Crippen LogP contribution in [0.4, 0.5) is 5.82 Å². The second kappa shape index (κ2) is 7.84. The number of nitrogens with zero attached hydrogens (tertiary/aromatic N) is 3. The number of thiazole rings is 1. The first-order valence-corrected chi connectivity index (χ1v) is 8.08. The molecule has 2 aromatic heterocycles. The molecule has 2 rings (SSSR count). The van der Waals surface area contributed by atoms with Gasteiger partial charge in [0.2, 0.25) is 11.8 Å². The van der Waals surface area contributed by atoms with Crippen LogP contribution in [0.25, 0.3) is 10.6 Å². The molecule has 0 fully saturated rings. The summed E-state index contributed by atoms with van der Waals surface area (Å²) in [6, 6.07) is 3.55. The fourth-order valence-corrected chi connectivity index (χ4v) is 2.82. The largest absolute Gasteiger partial charge is 0.480 e. The number of nitrogens with two attached hydrogens (primary N) is 2. The van der Waals surface area contributed by atoms with Crippen LogP contribution in [0, 0.1) is 5.92 Å². The van der Waals surface area contributed by atoms with E-state index in [1.54, 1.807) is 18.3 Å². The van der Waals surface area contributed by atoms with Gasteiger partial charge in [0.1, 0.15) is 21.9 Å². The van der Waals surface area contributed by atoms with Crippen molar-refractivity contribution in [1.29, 1.82) is 0 Å². The van der Waals surface area contributed by atoms with Gasteiger partial charge in [-0.2, -0.15) is 0 Å².